The summed E-state index contributed by atoms with van der Waals surface area (Å²) in [6.45, 7) is 7.36. The van der Waals surface area contributed by atoms with Gasteiger partial charge in [0, 0.05) is 6.54 Å². The van der Waals surface area contributed by atoms with Gasteiger partial charge in [-0.15, -0.1) is 0 Å². The van der Waals surface area contributed by atoms with Crippen molar-refractivity contribution >= 4 is 18.2 Å². The maximum atomic E-state index is 11.8. The third kappa shape index (κ3) is 5.42. The molecule has 8 heteroatoms. The Hall–Kier alpha value is -1.99. The molecule has 0 bridgehead atoms. The monoisotopic (exact) mass is 316 g/mol. The van der Waals surface area contributed by atoms with Crippen molar-refractivity contribution in [2.75, 3.05) is 13.2 Å². The van der Waals surface area contributed by atoms with E-state index in [0.29, 0.717) is 6.42 Å². The first kappa shape index (κ1) is 18.1. The van der Waals surface area contributed by atoms with Crippen LogP contribution >= 0.6 is 0 Å². The quantitative estimate of drug-likeness (QED) is 0.763. The van der Waals surface area contributed by atoms with Crippen molar-refractivity contribution in [2.45, 2.75) is 58.2 Å². The van der Waals surface area contributed by atoms with Crippen molar-refractivity contribution in [1.29, 1.82) is 0 Å². The summed E-state index contributed by atoms with van der Waals surface area (Å²) in [5.41, 5.74) is -0.647. The summed E-state index contributed by atoms with van der Waals surface area (Å²) in [5, 5.41) is 11.8. The molecule has 0 aromatic rings. The number of carboxylic acid groups (broad SMARTS) is 1. The van der Waals surface area contributed by atoms with Gasteiger partial charge in [-0.2, -0.15) is 0 Å². The highest BCUT2D eigenvalue weighted by molar-refractivity contribution is 5.74. The summed E-state index contributed by atoms with van der Waals surface area (Å²) >= 11 is 0. The first-order valence-corrected chi connectivity index (χ1v) is 7.28. The molecule has 1 saturated heterocycles. The van der Waals surface area contributed by atoms with E-state index in [-0.39, 0.29) is 19.6 Å². The van der Waals surface area contributed by atoms with E-state index in [9.17, 15) is 19.5 Å². The maximum absolute atomic E-state index is 11.8. The van der Waals surface area contributed by atoms with E-state index >= 15 is 0 Å². The van der Waals surface area contributed by atoms with Gasteiger partial charge in [0.25, 0.3) is 0 Å². The van der Waals surface area contributed by atoms with Crippen molar-refractivity contribution in [3.8, 4) is 0 Å². The summed E-state index contributed by atoms with van der Waals surface area (Å²) in [4.78, 5) is 35.9. The predicted octanol–water partition coefficient (Wildman–Crippen LogP) is 1.59. The van der Waals surface area contributed by atoms with Gasteiger partial charge in [0.05, 0.1) is 25.1 Å². The van der Waals surface area contributed by atoms with Crippen molar-refractivity contribution in [2.24, 2.45) is 0 Å². The number of carbonyl (C=O) groups excluding carboxylic acids is 2. The van der Waals surface area contributed by atoms with Gasteiger partial charge in [-0.25, -0.2) is 9.59 Å². The number of likely N-dealkylation sites (tertiary alicyclic amines) is 1. The minimum Gasteiger partial charge on any atom is -0.466 e. The van der Waals surface area contributed by atoms with Gasteiger partial charge in [0.2, 0.25) is 0 Å². The number of nitrogens with one attached hydrogen (secondary N) is 1. The molecule has 126 valence electrons. The van der Waals surface area contributed by atoms with Crippen LogP contribution in [0.25, 0.3) is 0 Å². The third-order valence-electron chi connectivity index (χ3n) is 3.17. The molecule has 8 nitrogen and oxygen atoms in total. The average Bonchev–Trinajstić information content (AvgIpc) is 2.70. The van der Waals surface area contributed by atoms with Gasteiger partial charge < -0.3 is 24.8 Å². The lowest BCUT2D eigenvalue weighted by Gasteiger charge is -2.27. The Morgan fingerprint density at radius 2 is 1.95 bits per heavy atom. The molecule has 1 heterocycles. The van der Waals surface area contributed by atoms with E-state index in [4.69, 9.17) is 9.47 Å². The zero-order valence-electron chi connectivity index (χ0n) is 13.4. The fraction of sp³-hybridized carbons (Fsp3) is 0.786. The lowest BCUT2D eigenvalue weighted by Crippen LogP contribution is -2.48. The predicted molar refractivity (Wildman–Crippen MR) is 77.5 cm³/mol. The smallest absolute Gasteiger partial charge is 0.407 e. The van der Waals surface area contributed by atoms with Crippen LogP contribution in [0.3, 0.4) is 0 Å². The SMILES string of the molecule is CCOC(=O)C[C@H]1[C@H](NC(=O)OC(C)(C)C)CCN1C(=O)O. The van der Waals surface area contributed by atoms with E-state index in [1.165, 1.54) is 0 Å². The van der Waals surface area contributed by atoms with Gasteiger partial charge in [-0.1, -0.05) is 0 Å². The standard InChI is InChI=1S/C14H24N2O6/c1-5-21-11(17)8-10-9(6-7-16(10)13(19)20)15-12(18)22-14(2,3)4/h9-10H,5-8H2,1-4H3,(H,15,18)(H,19,20)/t9-,10+/m1/s1. The van der Waals surface area contributed by atoms with Crippen LogP contribution in [-0.4, -0.2) is 59.0 Å². The largest absolute Gasteiger partial charge is 0.466 e. The van der Waals surface area contributed by atoms with Crippen LogP contribution in [0.15, 0.2) is 0 Å². The lowest BCUT2D eigenvalue weighted by atomic mass is 10.1. The fourth-order valence-electron chi connectivity index (χ4n) is 2.36. The number of carbonyl (C=O) groups is 3. The molecule has 0 unspecified atom stereocenters. The lowest BCUT2D eigenvalue weighted by molar-refractivity contribution is -0.144. The van der Waals surface area contributed by atoms with Gasteiger partial charge in [0.1, 0.15) is 5.60 Å². The molecular formula is C14H24N2O6. The number of nitrogens with zero attached hydrogens (tertiary/aromatic N) is 1. The van der Waals surface area contributed by atoms with E-state index in [2.05, 4.69) is 5.32 Å². The van der Waals surface area contributed by atoms with E-state index in [1.807, 2.05) is 0 Å². The zero-order chi connectivity index (χ0) is 16.9. The van der Waals surface area contributed by atoms with Crippen LogP contribution in [0.2, 0.25) is 0 Å². The number of hydrogen-bond acceptors (Lipinski definition) is 5. The van der Waals surface area contributed by atoms with E-state index in [0.717, 1.165) is 4.90 Å². The third-order valence-corrected chi connectivity index (χ3v) is 3.17. The summed E-state index contributed by atoms with van der Waals surface area (Å²) < 4.78 is 10.0. The summed E-state index contributed by atoms with van der Waals surface area (Å²) in [6.07, 6.45) is -1.42. The Kier molecular flexibility index (Phi) is 6.01. The van der Waals surface area contributed by atoms with Crippen molar-refractivity contribution < 1.29 is 29.0 Å². The van der Waals surface area contributed by atoms with Crippen LogP contribution in [0, 0.1) is 0 Å². The van der Waals surface area contributed by atoms with Crippen LogP contribution in [0.1, 0.15) is 40.5 Å². The van der Waals surface area contributed by atoms with Gasteiger partial charge in [-0.05, 0) is 34.1 Å². The highest BCUT2D eigenvalue weighted by atomic mass is 16.6. The topological polar surface area (TPSA) is 105 Å². The van der Waals surface area contributed by atoms with E-state index < -0.39 is 35.8 Å². The van der Waals surface area contributed by atoms with Crippen LogP contribution in [0.4, 0.5) is 9.59 Å². The molecule has 2 atom stereocenters. The molecule has 1 rings (SSSR count). The van der Waals surface area contributed by atoms with Gasteiger partial charge in [0.15, 0.2) is 0 Å². The Bertz CT molecular complexity index is 432. The molecule has 22 heavy (non-hydrogen) atoms. The van der Waals surface area contributed by atoms with Crippen LogP contribution < -0.4 is 5.32 Å². The molecule has 0 aliphatic carbocycles. The molecule has 1 fully saturated rings. The average molecular weight is 316 g/mol. The second-order valence-corrected chi connectivity index (χ2v) is 6.09. The molecule has 0 aromatic heterocycles. The van der Waals surface area contributed by atoms with Crippen LogP contribution in [-0.2, 0) is 14.3 Å². The fourth-order valence-corrected chi connectivity index (χ4v) is 2.36. The molecule has 2 N–H and O–H groups in total. The Morgan fingerprint density at radius 3 is 2.45 bits per heavy atom. The van der Waals surface area contributed by atoms with Gasteiger partial charge >= 0.3 is 18.2 Å². The second-order valence-electron chi connectivity index (χ2n) is 6.09. The second kappa shape index (κ2) is 7.33. The molecule has 0 radical (unpaired) electrons. The molecule has 2 amide bonds. The Balaban J connectivity index is 2.72. The van der Waals surface area contributed by atoms with E-state index in [1.54, 1.807) is 27.7 Å². The highest BCUT2D eigenvalue weighted by Crippen LogP contribution is 2.22. The number of amides is 2. The Morgan fingerprint density at radius 1 is 1.32 bits per heavy atom. The van der Waals surface area contributed by atoms with Crippen molar-refractivity contribution in [1.82, 2.24) is 10.2 Å². The summed E-state index contributed by atoms with van der Waals surface area (Å²) in [5.74, 6) is -0.489. The normalized spacial score (nSPS) is 21.4. The summed E-state index contributed by atoms with van der Waals surface area (Å²) in [6, 6.07) is -1.13. The molecule has 0 spiro atoms. The van der Waals surface area contributed by atoms with Crippen molar-refractivity contribution in [3.63, 3.8) is 0 Å². The first-order chi connectivity index (χ1) is 10.1. The van der Waals surface area contributed by atoms with Crippen molar-refractivity contribution in [3.05, 3.63) is 0 Å². The number of alkyl carbamates (subject to hydrolysis) is 1. The van der Waals surface area contributed by atoms with Crippen LogP contribution in [0.5, 0.6) is 0 Å². The summed E-state index contributed by atoms with van der Waals surface area (Å²) in [7, 11) is 0. The molecule has 0 aromatic carbocycles. The number of rotatable bonds is 4. The minimum absolute atomic E-state index is 0.0966. The number of ether oxygens (including phenoxy) is 2. The number of hydrogen-bond donors (Lipinski definition) is 2. The maximum Gasteiger partial charge on any atom is 0.407 e. The highest BCUT2D eigenvalue weighted by Gasteiger charge is 2.40. The molecular weight excluding hydrogens is 292 g/mol. The molecule has 1 aliphatic heterocycles. The zero-order valence-corrected chi connectivity index (χ0v) is 13.4. The number of esters is 1. The molecule has 1 aliphatic rings. The Labute approximate surface area is 129 Å². The first-order valence-electron chi connectivity index (χ1n) is 7.28. The molecule has 0 saturated carbocycles. The van der Waals surface area contributed by atoms with Gasteiger partial charge in [-0.3, -0.25) is 4.79 Å². The minimum atomic E-state index is -1.12.